The van der Waals surface area contributed by atoms with Crippen LogP contribution in [0.1, 0.15) is 53.6 Å². The van der Waals surface area contributed by atoms with Gasteiger partial charge in [0, 0.05) is 17.5 Å². The van der Waals surface area contributed by atoms with Gasteiger partial charge in [-0.3, -0.25) is 9.59 Å². The molecule has 2 N–H and O–H groups in total. The molecule has 1 aromatic heterocycles. The van der Waals surface area contributed by atoms with Gasteiger partial charge in [0.2, 0.25) is 5.91 Å². The second-order valence-electron chi connectivity index (χ2n) is 11.7. The fourth-order valence-electron chi connectivity index (χ4n) is 5.66. The second-order valence-corrected chi connectivity index (χ2v) is 12.6. The SMILES string of the molecule is CC(C)(C)[C@@H]1NC(=O)c2sccc2/C=C/COc2ccc3c(c2)C(=NO[C@@H]2C[C@@H](C(=O)O)N(C2)C1=O)c1ccccc1-3. The van der Waals surface area contributed by atoms with Crippen LogP contribution in [0.2, 0.25) is 0 Å². The van der Waals surface area contributed by atoms with Gasteiger partial charge >= 0.3 is 5.97 Å². The summed E-state index contributed by atoms with van der Waals surface area (Å²) in [6, 6.07) is 13.5. The molecular weight excluding hydrogens is 554 g/mol. The van der Waals surface area contributed by atoms with Gasteiger partial charge in [0.25, 0.3) is 5.91 Å². The van der Waals surface area contributed by atoms with Gasteiger partial charge in [-0.25, -0.2) is 4.79 Å². The first-order valence-corrected chi connectivity index (χ1v) is 14.7. The minimum atomic E-state index is -1.13. The molecule has 216 valence electrons. The van der Waals surface area contributed by atoms with Crippen LogP contribution in [0.3, 0.4) is 0 Å². The summed E-state index contributed by atoms with van der Waals surface area (Å²) in [7, 11) is 0. The van der Waals surface area contributed by atoms with Gasteiger partial charge in [-0.1, -0.05) is 56.3 Å². The van der Waals surface area contributed by atoms with Gasteiger partial charge in [-0.15, -0.1) is 11.3 Å². The molecule has 2 aliphatic heterocycles. The van der Waals surface area contributed by atoms with Crippen LogP contribution in [0.5, 0.6) is 5.75 Å². The molecular formula is C32H31N3O6S. The maximum Gasteiger partial charge on any atom is 0.326 e. The van der Waals surface area contributed by atoms with E-state index in [0.29, 0.717) is 21.9 Å². The fraction of sp³-hybridized carbons (Fsp3) is 0.312. The molecule has 3 atom stereocenters. The number of carboxylic acid groups (broad SMARTS) is 1. The van der Waals surface area contributed by atoms with Crippen LogP contribution in [-0.4, -0.2) is 64.8 Å². The molecule has 4 bridgehead atoms. The lowest BCUT2D eigenvalue weighted by Crippen LogP contribution is -2.56. The molecule has 0 unspecified atom stereocenters. The molecule has 0 saturated carbocycles. The molecule has 2 amide bonds. The number of benzene rings is 2. The molecule has 9 nitrogen and oxygen atoms in total. The van der Waals surface area contributed by atoms with Crippen LogP contribution in [-0.2, 0) is 14.4 Å². The van der Waals surface area contributed by atoms with Gasteiger partial charge in [-0.05, 0) is 57.8 Å². The van der Waals surface area contributed by atoms with E-state index in [-0.39, 0.29) is 19.6 Å². The van der Waals surface area contributed by atoms with Gasteiger partial charge in [0.05, 0.1) is 11.4 Å². The zero-order chi connectivity index (χ0) is 29.6. The van der Waals surface area contributed by atoms with Gasteiger partial charge in [0.1, 0.15) is 36.3 Å². The molecule has 3 aromatic rings. The summed E-state index contributed by atoms with van der Waals surface area (Å²) in [5, 5.41) is 19.3. The first kappa shape index (κ1) is 27.7. The highest BCUT2D eigenvalue weighted by molar-refractivity contribution is 7.12. The molecule has 3 aliphatic rings. The number of hydrogen-bond donors (Lipinski definition) is 2. The zero-order valence-corrected chi connectivity index (χ0v) is 24.3. The number of carbonyl (C=O) groups is 3. The number of nitrogens with one attached hydrogen (secondary N) is 1. The van der Waals surface area contributed by atoms with E-state index in [4.69, 9.17) is 9.57 Å². The molecule has 3 heterocycles. The van der Waals surface area contributed by atoms with E-state index < -0.39 is 41.4 Å². The number of carbonyl (C=O) groups excluding carboxylic acids is 2. The zero-order valence-electron chi connectivity index (χ0n) is 23.5. The summed E-state index contributed by atoms with van der Waals surface area (Å²) in [5.41, 5.74) is 4.39. The van der Waals surface area contributed by atoms with E-state index in [1.165, 1.54) is 16.2 Å². The number of hydrogen-bond acceptors (Lipinski definition) is 7. The number of fused-ring (bicyclic) bond motifs is 7. The second kappa shape index (κ2) is 10.8. The monoisotopic (exact) mass is 585 g/mol. The number of aliphatic carboxylic acids is 1. The van der Waals surface area contributed by atoms with E-state index in [2.05, 4.69) is 10.5 Å². The van der Waals surface area contributed by atoms with Crippen LogP contribution in [0.15, 0.2) is 65.1 Å². The van der Waals surface area contributed by atoms with Crippen molar-refractivity contribution in [3.63, 3.8) is 0 Å². The Bertz CT molecular complexity index is 1630. The van der Waals surface area contributed by atoms with Gasteiger partial charge < -0.3 is 24.9 Å². The Morgan fingerprint density at radius 1 is 1.07 bits per heavy atom. The standard InChI is InChI=1S/C32H31N3O6S/c1-32(2,3)28-30(37)35-17-20(16-25(35)31(38)39)41-34-26-23-9-5-4-8-21(23)22-11-10-19(15-24(22)26)40-13-6-7-18-12-14-42-27(18)29(36)33-28/h4-12,14-15,20,25,28H,13,16-17H2,1-3H3,(H,33,36)(H,38,39)/b7-6+,34-26?/t20-,25+,28-/m1/s1. The van der Waals surface area contributed by atoms with Gasteiger partial charge in [-0.2, -0.15) is 0 Å². The van der Waals surface area contributed by atoms with E-state index in [9.17, 15) is 19.5 Å². The summed E-state index contributed by atoms with van der Waals surface area (Å²) in [6.07, 6.45) is 3.08. The third-order valence-corrected chi connectivity index (χ3v) is 8.71. The lowest BCUT2D eigenvalue weighted by atomic mass is 9.85. The Balaban J connectivity index is 1.42. The highest BCUT2D eigenvalue weighted by atomic mass is 32.1. The third kappa shape index (κ3) is 5.07. The summed E-state index contributed by atoms with van der Waals surface area (Å²) >= 11 is 1.27. The largest absolute Gasteiger partial charge is 0.490 e. The Morgan fingerprint density at radius 3 is 2.60 bits per heavy atom. The van der Waals surface area contributed by atoms with E-state index in [0.717, 1.165) is 22.3 Å². The Labute approximate surface area is 247 Å². The van der Waals surface area contributed by atoms with E-state index in [1.54, 1.807) is 0 Å². The average molecular weight is 586 g/mol. The molecule has 1 fully saturated rings. The topological polar surface area (TPSA) is 118 Å². The number of thiophene rings is 1. The highest BCUT2D eigenvalue weighted by Crippen LogP contribution is 2.39. The number of ether oxygens (including phenoxy) is 1. The molecule has 0 spiro atoms. The smallest absolute Gasteiger partial charge is 0.326 e. The predicted octanol–water partition coefficient (Wildman–Crippen LogP) is 4.80. The van der Waals surface area contributed by atoms with Crippen LogP contribution in [0.4, 0.5) is 0 Å². The van der Waals surface area contributed by atoms with Crippen LogP contribution >= 0.6 is 11.3 Å². The minimum absolute atomic E-state index is 0.0275. The summed E-state index contributed by atoms with van der Waals surface area (Å²) in [5.74, 6) is -1.35. The molecule has 1 saturated heterocycles. The molecule has 2 aromatic carbocycles. The van der Waals surface area contributed by atoms with Crippen molar-refractivity contribution in [2.24, 2.45) is 10.6 Å². The maximum atomic E-state index is 13.9. The molecule has 1 aliphatic carbocycles. The van der Waals surface area contributed by atoms with E-state index >= 15 is 0 Å². The van der Waals surface area contributed by atoms with E-state index in [1.807, 2.05) is 86.8 Å². The normalized spacial score (nSPS) is 22.8. The third-order valence-electron chi connectivity index (χ3n) is 7.78. The highest BCUT2D eigenvalue weighted by Gasteiger charge is 2.46. The van der Waals surface area contributed by atoms with Crippen LogP contribution in [0, 0.1) is 5.41 Å². The fourth-order valence-corrected chi connectivity index (χ4v) is 6.44. The quantitative estimate of drug-likeness (QED) is 0.331. The number of amides is 2. The van der Waals surface area contributed by atoms with Gasteiger partial charge in [0.15, 0.2) is 0 Å². The van der Waals surface area contributed by atoms with Crippen LogP contribution < -0.4 is 10.1 Å². The first-order valence-electron chi connectivity index (χ1n) is 13.8. The molecule has 0 radical (unpaired) electrons. The maximum absolute atomic E-state index is 13.9. The Kier molecular flexibility index (Phi) is 7.10. The number of rotatable bonds is 1. The minimum Gasteiger partial charge on any atom is -0.490 e. The Hall–Kier alpha value is -4.44. The Morgan fingerprint density at radius 2 is 1.83 bits per heavy atom. The predicted molar refractivity (Wildman–Crippen MR) is 160 cm³/mol. The van der Waals surface area contributed by atoms with Crippen molar-refractivity contribution in [1.29, 1.82) is 0 Å². The van der Waals surface area contributed by atoms with Crippen LogP contribution in [0.25, 0.3) is 17.2 Å². The molecule has 6 rings (SSSR count). The summed E-state index contributed by atoms with van der Waals surface area (Å²) < 4.78 is 6.03. The number of oxime groups is 1. The average Bonchev–Trinajstić information content (AvgIpc) is 3.67. The number of nitrogens with zero attached hydrogens (tertiary/aromatic N) is 2. The lowest BCUT2D eigenvalue weighted by Gasteiger charge is -2.34. The lowest BCUT2D eigenvalue weighted by molar-refractivity contribution is -0.150. The molecule has 10 heteroatoms. The van der Waals surface area contributed by atoms with Crippen molar-refractivity contribution in [2.75, 3.05) is 13.2 Å². The van der Waals surface area contributed by atoms with Crippen molar-refractivity contribution in [2.45, 2.75) is 45.4 Å². The molecule has 42 heavy (non-hydrogen) atoms. The van der Waals surface area contributed by atoms with Crippen molar-refractivity contribution < 1.29 is 29.1 Å². The van der Waals surface area contributed by atoms with Crippen molar-refractivity contribution in [3.05, 3.63) is 81.6 Å². The van der Waals surface area contributed by atoms with Crippen molar-refractivity contribution in [3.8, 4) is 16.9 Å². The summed E-state index contributed by atoms with van der Waals surface area (Å²) in [4.78, 5) is 47.4. The van der Waals surface area contributed by atoms with Crippen molar-refractivity contribution in [1.82, 2.24) is 10.2 Å². The number of carboxylic acids is 1. The first-order chi connectivity index (χ1) is 20.1. The van der Waals surface area contributed by atoms with Crippen molar-refractivity contribution >= 4 is 40.9 Å². The summed E-state index contributed by atoms with van der Waals surface area (Å²) in [6.45, 7) is 5.83.